The quantitative estimate of drug-likeness (QED) is 0.428. The van der Waals surface area contributed by atoms with Gasteiger partial charge >= 0.3 is 18.4 Å². The fourth-order valence-corrected chi connectivity index (χ4v) is 4.97. The first kappa shape index (κ1) is 28.5. The molecule has 3 aromatic rings. The van der Waals surface area contributed by atoms with Crippen LogP contribution in [-0.4, -0.2) is 81.9 Å². The average molecular weight is 559 g/mol. The first-order valence-corrected chi connectivity index (χ1v) is 12.2. The van der Waals surface area contributed by atoms with Gasteiger partial charge in [0.05, 0.1) is 12.8 Å². The van der Waals surface area contributed by atoms with E-state index in [1.165, 1.54) is 45.5 Å². The number of amides is 2. The molecule has 1 fully saturated rings. The highest BCUT2D eigenvalue weighted by Gasteiger charge is 2.48. The Morgan fingerprint density at radius 1 is 1.23 bits per heavy atom. The molecule has 14 heteroatoms. The lowest BCUT2D eigenvalue weighted by Crippen LogP contribution is -2.57. The summed E-state index contributed by atoms with van der Waals surface area (Å²) in [6.07, 6.45) is -4.75. The van der Waals surface area contributed by atoms with Gasteiger partial charge in [0.1, 0.15) is 6.04 Å². The van der Waals surface area contributed by atoms with E-state index in [1.54, 1.807) is 22.9 Å². The molecule has 0 spiro atoms. The van der Waals surface area contributed by atoms with Gasteiger partial charge in [-0.1, -0.05) is 18.2 Å². The van der Waals surface area contributed by atoms with Crippen molar-refractivity contribution in [1.82, 2.24) is 29.5 Å². The number of fused-ring (bicyclic) bond motifs is 1. The van der Waals surface area contributed by atoms with Crippen LogP contribution >= 0.6 is 0 Å². The molecule has 0 bridgehead atoms. The first-order chi connectivity index (χ1) is 18.3. The lowest BCUT2D eigenvalue weighted by molar-refractivity contribution is -0.189. The van der Waals surface area contributed by atoms with E-state index < -0.39 is 36.5 Å². The lowest BCUT2D eigenvalue weighted by Gasteiger charge is -2.39. The number of likely N-dealkylation sites (tertiary alicyclic amines) is 1. The Balaban J connectivity index is 1.60. The van der Waals surface area contributed by atoms with Crippen molar-refractivity contribution in [2.75, 3.05) is 27.2 Å². The van der Waals surface area contributed by atoms with Crippen molar-refractivity contribution in [3.8, 4) is 17.1 Å². The van der Waals surface area contributed by atoms with Crippen molar-refractivity contribution in [2.24, 2.45) is 0 Å². The van der Waals surface area contributed by atoms with Crippen molar-refractivity contribution in [2.45, 2.75) is 50.2 Å². The first-order valence-electron chi connectivity index (χ1n) is 12.2. The molecule has 1 N–H and O–H groups in total. The maximum absolute atomic E-state index is 14.4. The van der Waals surface area contributed by atoms with E-state index in [9.17, 15) is 31.1 Å². The van der Waals surface area contributed by atoms with Crippen LogP contribution in [0.15, 0.2) is 42.9 Å². The number of ether oxygens (including phenoxy) is 1. The molecular formula is C25H28F6N6O2. The molecule has 8 nitrogen and oxygen atoms in total. The van der Waals surface area contributed by atoms with E-state index in [1.807, 2.05) is 0 Å². The molecule has 3 atom stereocenters. The van der Waals surface area contributed by atoms with Gasteiger partial charge in [-0.2, -0.15) is 26.3 Å². The number of rotatable bonds is 6. The highest BCUT2D eigenvalue weighted by molar-refractivity contribution is 5.75. The van der Waals surface area contributed by atoms with Crippen LogP contribution in [0.5, 0.6) is 5.88 Å². The van der Waals surface area contributed by atoms with Crippen LogP contribution in [0.4, 0.5) is 31.1 Å². The molecule has 2 aromatic heterocycles. The number of carbonyl (C=O) groups is 1. The summed E-state index contributed by atoms with van der Waals surface area (Å²) in [5.74, 6) is 0.190. The minimum atomic E-state index is -4.84. The zero-order valence-corrected chi connectivity index (χ0v) is 21.4. The monoisotopic (exact) mass is 558 g/mol. The largest absolute Gasteiger partial charge is 0.478 e. The molecular weight excluding hydrogens is 530 g/mol. The maximum atomic E-state index is 14.4. The third kappa shape index (κ3) is 6.05. The number of likely N-dealkylation sites (N-methyl/N-ethyl adjacent to an activating group) is 1. The Labute approximate surface area is 220 Å². The number of aromatic nitrogens is 3. The molecule has 0 saturated carbocycles. The summed E-state index contributed by atoms with van der Waals surface area (Å²) >= 11 is 0. The molecule has 3 heterocycles. The molecule has 2 amide bonds. The van der Waals surface area contributed by atoms with Crippen molar-refractivity contribution in [3.63, 3.8) is 0 Å². The summed E-state index contributed by atoms with van der Waals surface area (Å²) in [5, 5.41) is 2.51. The number of nitrogens with zero attached hydrogens (tertiary/aromatic N) is 5. The third-order valence-electron chi connectivity index (χ3n) is 6.79. The second kappa shape index (κ2) is 10.9. The molecule has 1 aliphatic rings. The number of piperidine rings is 1. The Morgan fingerprint density at radius 2 is 1.97 bits per heavy atom. The van der Waals surface area contributed by atoms with Gasteiger partial charge in [0.2, 0.25) is 0 Å². The van der Waals surface area contributed by atoms with Crippen LogP contribution in [0.25, 0.3) is 16.9 Å². The standard InChI is InChI=1S/C25H28F6N6O2/c1-4-37(23(38)33-17-8-9-19(24(26,27)28)35(2)13-17)20(25(29,30)31)16-7-5-6-15(12-16)18-14-36-11-10-32-21(36)22(34-18)39-3/h5-7,10-12,14,17,19-20H,4,8-9,13H2,1-3H3,(H,33,38). The molecule has 0 radical (unpaired) electrons. The fourth-order valence-electron chi connectivity index (χ4n) is 4.97. The van der Waals surface area contributed by atoms with Crippen LogP contribution in [0.3, 0.4) is 0 Å². The van der Waals surface area contributed by atoms with Crippen molar-refractivity contribution >= 4 is 11.7 Å². The Morgan fingerprint density at radius 3 is 2.59 bits per heavy atom. The van der Waals surface area contributed by atoms with Crippen LogP contribution in [0, 0.1) is 0 Å². The van der Waals surface area contributed by atoms with Crippen molar-refractivity contribution < 1.29 is 35.9 Å². The van der Waals surface area contributed by atoms with E-state index in [-0.39, 0.29) is 37.4 Å². The van der Waals surface area contributed by atoms with Gasteiger partial charge in [0.25, 0.3) is 5.88 Å². The second-order valence-electron chi connectivity index (χ2n) is 9.37. The Kier molecular flexibility index (Phi) is 7.96. The summed E-state index contributed by atoms with van der Waals surface area (Å²) in [6.45, 7) is 0.985. The van der Waals surface area contributed by atoms with E-state index in [2.05, 4.69) is 15.3 Å². The number of imidazole rings is 1. The van der Waals surface area contributed by atoms with Crippen LogP contribution in [0.1, 0.15) is 31.4 Å². The lowest BCUT2D eigenvalue weighted by atomic mass is 9.98. The summed E-state index contributed by atoms with van der Waals surface area (Å²) < 4.78 is 89.7. The summed E-state index contributed by atoms with van der Waals surface area (Å²) in [5.41, 5.74) is 0.937. The summed E-state index contributed by atoms with van der Waals surface area (Å²) in [4.78, 5) is 23.3. The summed E-state index contributed by atoms with van der Waals surface area (Å²) in [6, 6.07) is -0.0874. The zero-order valence-electron chi connectivity index (χ0n) is 21.4. The van der Waals surface area contributed by atoms with E-state index in [0.717, 1.165) is 4.90 Å². The number of urea groups is 1. The minimum Gasteiger partial charge on any atom is -0.478 e. The van der Waals surface area contributed by atoms with Gasteiger partial charge in [-0.05, 0) is 38.4 Å². The maximum Gasteiger partial charge on any atom is 0.413 e. The summed E-state index contributed by atoms with van der Waals surface area (Å²) in [7, 11) is 2.68. The SMILES string of the molecule is CCN(C(=O)NC1CCC(C(F)(F)F)N(C)C1)C(c1cccc(-c2cn3ccnc3c(OC)n2)c1)C(F)(F)F. The van der Waals surface area contributed by atoms with Crippen LogP contribution in [-0.2, 0) is 0 Å². The minimum absolute atomic E-state index is 0.00574. The van der Waals surface area contributed by atoms with Gasteiger partial charge in [0.15, 0.2) is 11.7 Å². The number of halogens is 6. The highest BCUT2D eigenvalue weighted by atomic mass is 19.4. The molecule has 39 heavy (non-hydrogen) atoms. The topological polar surface area (TPSA) is 75.0 Å². The Hall–Kier alpha value is -3.55. The van der Waals surface area contributed by atoms with Gasteiger partial charge < -0.3 is 19.4 Å². The number of nitrogens with one attached hydrogen (secondary N) is 1. The number of methoxy groups -OCH3 is 1. The molecule has 0 aliphatic carbocycles. The molecule has 1 aromatic carbocycles. The van der Waals surface area contributed by atoms with E-state index >= 15 is 0 Å². The van der Waals surface area contributed by atoms with Crippen LogP contribution < -0.4 is 10.1 Å². The van der Waals surface area contributed by atoms with Gasteiger partial charge in [0, 0.05) is 43.3 Å². The number of carbonyl (C=O) groups excluding carboxylic acids is 1. The van der Waals surface area contributed by atoms with Crippen molar-refractivity contribution in [3.05, 3.63) is 48.4 Å². The molecule has 4 rings (SSSR count). The fraction of sp³-hybridized carbons (Fsp3) is 0.480. The molecule has 1 saturated heterocycles. The van der Waals surface area contributed by atoms with Gasteiger partial charge in [-0.15, -0.1) is 0 Å². The van der Waals surface area contributed by atoms with Gasteiger partial charge in [-0.3, -0.25) is 4.90 Å². The number of benzene rings is 1. The predicted molar refractivity (Wildman–Crippen MR) is 130 cm³/mol. The molecule has 1 aliphatic heterocycles. The van der Waals surface area contributed by atoms with E-state index in [4.69, 9.17) is 4.74 Å². The zero-order chi connectivity index (χ0) is 28.5. The number of hydrogen-bond donors (Lipinski definition) is 1. The smallest absolute Gasteiger partial charge is 0.413 e. The van der Waals surface area contributed by atoms with Gasteiger partial charge in [-0.25, -0.2) is 14.8 Å². The molecule has 212 valence electrons. The number of alkyl halides is 6. The molecule has 3 unspecified atom stereocenters. The van der Waals surface area contributed by atoms with Crippen LogP contribution in [0.2, 0.25) is 0 Å². The van der Waals surface area contributed by atoms with E-state index in [0.29, 0.717) is 21.8 Å². The van der Waals surface area contributed by atoms with Crippen molar-refractivity contribution in [1.29, 1.82) is 0 Å². The number of hydrogen-bond acceptors (Lipinski definition) is 5. The predicted octanol–water partition coefficient (Wildman–Crippen LogP) is 5.06. The normalized spacial score (nSPS) is 19.6. The second-order valence-corrected chi connectivity index (χ2v) is 9.37. The Bertz CT molecular complexity index is 1310. The third-order valence-corrected chi connectivity index (χ3v) is 6.79. The average Bonchev–Trinajstić information content (AvgIpc) is 3.34. The highest BCUT2D eigenvalue weighted by Crippen LogP contribution is 2.39.